The number of nitrogens with two attached hydrogens (primary N) is 1. The summed E-state index contributed by atoms with van der Waals surface area (Å²) in [5.41, 5.74) is 7.25. The summed E-state index contributed by atoms with van der Waals surface area (Å²) >= 11 is 0. The molecule has 0 aliphatic carbocycles. The number of rotatable bonds is 3. The van der Waals surface area contributed by atoms with Gasteiger partial charge in [-0.15, -0.1) is 0 Å². The van der Waals surface area contributed by atoms with Crippen molar-refractivity contribution >= 4 is 22.8 Å². The average Bonchev–Trinajstić information content (AvgIpc) is 2.97. The Balaban J connectivity index is 1.86. The largest absolute Gasteiger partial charge is 0.357 e. The molecule has 1 aliphatic rings. The van der Waals surface area contributed by atoms with Gasteiger partial charge >= 0.3 is 6.03 Å². The van der Waals surface area contributed by atoms with Crippen molar-refractivity contribution in [2.75, 3.05) is 6.54 Å². The van der Waals surface area contributed by atoms with Gasteiger partial charge in [0.2, 0.25) is 5.91 Å². The minimum Gasteiger partial charge on any atom is -0.357 e. The number of likely N-dealkylation sites (tertiary alicyclic amines) is 1. The van der Waals surface area contributed by atoms with Crippen molar-refractivity contribution in [3.8, 4) is 0 Å². The van der Waals surface area contributed by atoms with Crippen molar-refractivity contribution in [2.45, 2.75) is 38.3 Å². The van der Waals surface area contributed by atoms with Crippen molar-refractivity contribution in [2.24, 2.45) is 5.73 Å². The van der Waals surface area contributed by atoms with Gasteiger partial charge in [-0.1, -0.05) is 18.2 Å². The third kappa shape index (κ3) is 3.16. The highest BCUT2D eigenvalue weighted by Gasteiger charge is 2.31. The summed E-state index contributed by atoms with van der Waals surface area (Å²) in [6, 6.07) is 8.92. The fraction of sp³-hybridized carbons (Fsp3) is 0.412. The lowest BCUT2D eigenvalue weighted by Gasteiger charge is -2.36. The first-order chi connectivity index (χ1) is 11.1. The monoisotopic (exact) mass is 314 g/mol. The lowest BCUT2D eigenvalue weighted by molar-refractivity contribution is -0.136. The SMILES string of the molecule is C[C@H](NC(N)=O)C(=O)N1CCCC[C@H]1c1cc2ccccc2[nH]1. The van der Waals surface area contributed by atoms with E-state index in [1.165, 1.54) is 0 Å². The zero-order valence-electron chi connectivity index (χ0n) is 13.2. The van der Waals surface area contributed by atoms with Gasteiger partial charge in [0.1, 0.15) is 6.04 Å². The van der Waals surface area contributed by atoms with E-state index in [2.05, 4.69) is 22.4 Å². The number of hydrogen-bond donors (Lipinski definition) is 3. The number of H-pyrrole nitrogens is 1. The molecule has 1 saturated heterocycles. The second-order valence-corrected chi connectivity index (χ2v) is 6.09. The minimum atomic E-state index is -0.676. The average molecular weight is 314 g/mol. The maximum Gasteiger partial charge on any atom is 0.312 e. The molecule has 0 bridgehead atoms. The van der Waals surface area contributed by atoms with E-state index < -0.39 is 12.1 Å². The highest BCUT2D eigenvalue weighted by atomic mass is 16.2. The Morgan fingerprint density at radius 1 is 1.35 bits per heavy atom. The number of urea groups is 1. The number of carbonyl (C=O) groups is 2. The number of para-hydroxylation sites is 1. The quantitative estimate of drug-likeness (QED) is 0.811. The zero-order chi connectivity index (χ0) is 16.4. The van der Waals surface area contributed by atoms with Gasteiger partial charge in [-0.2, -0.15) is 0 Å². The Kier molecular flexibility index (Phi) is 4.23. The molecule has 122 valence electrons. The van der Waals surface area contributed by atoms with E-state index in [4.69, 9.17) is 5.73 Å². The Hall–Kier alpha value is -2.50. The van der Waals surface area contributed by atoms with Crippen molar-refractivity contribution in [1.29, 1.82) is 0 Å². The maximum absolute atomic E-state index is 12.7. The van der Waals surface area contributed by atoms with E-state index in [9.17, 15) is 9.59 Å². The summed E-state index contributed by atoms with van der Waals surface area (Å²) in [5, 5.41) is 3.62. The third-order valence-electron chi connectivity index (χ3n) is 4.42. The van der Waals surface area contributed by atoms with Gasteiger partial charge in [0.15, 0.2) is 0 Å². The minimum absolute atomic E-state index is 0.0146. The van der Waals surface area contributed by atoms with Crippen LogP contribution in [0.2, 0.25) is 0 Å². The zero-order valence-corrected chi connectivity index (χ0v) is 13.2. The topological polar surface area (TPSA) is 91.2 Å². The molecule has 6 heteroatoms. The molecular formula is C17H22N4O2. The number of amides is 3. The molecule has 23 heavy (non-hydrogen) atoms. The molecule has 3 amide bonds. The molecule has 1 aromatic heterocycles. The highest BCUT2D eigenvalue weighted by Crippen LogP contribution is 2.32. The standard InChI is InChI=1S/C17H22N4O2/c1-11(19-17(18)23)16(22)21-9-5-4-8-15(21)14-10-12-6-2-3-7-13(12)20-14/h2-3,6-7,10-11,15,20H,4-5,8-9H2,1H3,(H3,18,19,23)/t11-,15-/m0/s1. The van der Waals surface area contributed by atoms with Crippen LogP contribution in [0.25, 0.3) is 10.9 Å². The van der Waals surface area contributed by atoms with Crippen molar-refractivity contribution in [1.82, 2.24) is 15.2 Å². The van der Waals surface area contributed by atoms with Crippen LogP contribution >= 0.6 is 0 Å². The summed E-state index contributed by atoms with van der Waals surface area (Å²) in [7, 11) is 0. The van der Waals surface area contributed by atoms with Crippen LogP contribution < -0.4 is 11.1 Å². The van der Waals surface area contributed by atoms with Crippen molar-refractivity contribution in [3.05, 3.63) is 36.0 Å². The van der Waals surface area contributed by atoms with Gasteiger partial charge in [-0.05, 0) is 43.7 Å². The number of nitrogens with one attached hydrogen (secondary N) is 2. The van der Waals surface area contributed by atoms with Crippen LogP contribution in [0.1, 0.15) is 37.9 Å². The summed E-state index contributed by atoms with van der Waals surface area (Å²) in [4.78, 5) is 29.0. The van der Waals surface area contributed by atoms with E-state index in [1.54, 1.807) is 6.92 Å². The fourth-order valence-electron chi connectivity index (χ4n) is 3.32. The molecule has 4 N–H and O–H groups in total. The molecule has 0 radical (unpaired) electrons. The Morgan fingerprint density at radius 2 is 2.13 bits per heavy atom. The first-order valence-electron chi connectivity index (χ1n) is 8.00. The smallest absolute Gasteiger partial charge is 0.312 e. The van der Waals surface area contributed by atoms with Crippen molar-refractivity contribution in [3.63, 3.8) is 0 Å². The van der Waals surface area contributed by atoms with Crippen LogP contribution in [0.3, 0.4) is 0 Å². The number of nitrogens with zero attached hydrogens (tertiary/aromatic N) is 1. The molecule has 2 heterocycles. The molecule has 1 fully saturated rings. The van der Waals surface area contributed by atoms with Crippen molar-refractivity contribution < 1.29 is 9.59 Å². The number of primary amides is 1. The maximum atomic E-state index is 12.7. The molecule has 0 unspecified atom stereocenters. The predicted octanol–water partition coefficient (Wildman–Crippen LogP) is 2.28. The molecule has 0 saturated carbocycles. The molecule has 1 aliphatic heterocycles. The second kappa shape index (κ2) is 6.32. The summed E-state index contributed by atoms with van der Waals surface area (Å²) in [6.45, 7) is 2.37. The van der Waals surface area contributed by atoms with E-state index >= 15 is 0 Å². The number of piperidine rings is 1. The Morgan fingerprint density at radius 3 is 2.87 bits per heavy atom. The molecule has 2 aromatic rings. The van der Waals surface area contributed by atoms with Crippen LogP contribution in [0, 0.1) is 0 Å². The number of aromatic nitrogens is 1. The predicted molar refractivity (Wildman–Crippen MR) is 88.8 cm³/mol. The fourth-order valence-corrected chi connectivity index (χ4v) is 3.32. The van der Waals surface area contributed by atoms with Crippen LogP contribution in [-0.2, 0) is 4.79 Å². The molecule has 3 rings (SSSR count). The molecule has 6 nitrogen and oxygen atoms in total. The first-order valence-corrected chi connectivity index (χ1v) is 8.00. The summed E-state index contributed by atoms with van der Waals surface area (Å²) < 4.78 is 0. The van der Waals surface area contributed by atoms with Crippen LogP contribution in [0.15, 0.2) is 30.3 Å². The van der Waals surface area contributed by atoms with E-state index in [-0.39, 0.29) is 11.9 Å². The van der Waals surface area contributed by atoms with Gasteiger partial charge in [0.25, 0.3) is 0 Å². The van der Waals surface area contributed by atoms with Gasteiger partial charge < -0.3 is 20.9 Å². The van der Waals surface area contributed by atoms with E-state index in [0.717, 1.165) is 35.9 Å². The molecule has 1 aromatic carbocycles. The molecule has 0 spiro atoms. The third-order valence-corrected chi connectivity index (χ3v) is 4.42. The Bertz CT molecular complexity index is 691. The second-order valence-electron chi connectivity index (χ2n) is 6.09. The number of aromatic amines is 1. The lowest BCUT2D eigenvalue weighted by Crippen LogP contribution is -2.50. The van der Waals surface area contributed by atoms with Gasteiger partial charge in [0, 0.05) is 17.8 Å². The van der Waals surface area contributed by atoms with Gasteiger partial charge in [-0.3, -0.25) is 4.79 Å². The highest BCUT2D eigenvalue weighted by molar-refractivity contribution is 5.87. The number of benzene rings is 1. The number of fused-ring (bicyclic) bond motifs is 1. The number of hydrogen-bond acceptors (Lipinski definition) is 2. The normalized spacial score (nSPS) is 19.5. The van der Waals surface area contributed by atoms with Gasteiger partial charge in [0.05, 0.1) is 6.04 Å². The Labute approximate surface area is 135 Å². The van der Waals surface area contributed by atoms with Crippen LogP contribution in [0.5, 0.6) is 0 Å². The lowest BCUT2D eigenvalue weighted by atomic mass is 9.98. The molecular weight excluding hydrogens is 292 g/mol. The summed E-state index contributed by atoms with van der Waals surface area (Å²) in [5.74, 6) is -0.0906. The first kappa shape index (κ1) is 15.4. The van der Waals surface area contributed by atoms with Gasteiger partial charge in [-0.25, -0.2) is 4.79 Å². The van der Waals surface area contributed by atoms with E-state index in [0.29, 0.717) is 6.54 Å². The number of carbonyl (C=O) groups excluding carboxylic acids is 2. The van der Waals surface area contributed by atoms with E-state index in [1.807, 2.05) is 23.1 Å². The molecule has 2 atom stereocenters. The van der Waals surface area contributed by atoms with Crippen LogP contribution in [0.4, 0.5) is 4.79 Å². The summed E-state index contributed by atoms with van der Waals surface area (Å²) in [6.07, 6.45) is 2.98. The van der Waals surface area contributed by atoms with Crippen LogP contribution in [-0.4, -0.2) is 34.4 Å².